The van der Waals surface area contributed by atoms with E-state index in [1.807, 2.05) is 30.3 Å². The number of rotatable bonds is 2. The SMILES string of the molecule is CC(C)N1CC2CC(CN(C(=O)c3ccccc3)C2)C1.[O-][Cl+](O)(O)O. The molecule has 2 aliphatic rings. The molecule has 0 aromatic heterocycles. The van der Waals surface area contributed by atoms with Crippen LogP contribution in [0.4, 0.5) is 0 Å². The minimum absolute atomic E-state index is 0.207. The van der Waals surface area contributed by atoms with Crippen molar-refractivity contribution in [2.75, 3.05) is 26.2 Å². The first kappa shape index (κ1) is 20.1. The number of amides is 1. The van der Waals surface area contributed by atoms with E-state index in [2.05, 4.69) is 23.6 Å². The number of piperidine rings is 2. The molecular formula is C17H27ClN2O5. The summed E-state index contributed by atoms with van der Waals surface area (Å²) >= 11 is 0. The quantitative estimate of drug-likeness (QED) is 0.652. The molecule has 2 unspecified atom stereocenters. The molecule has 3 rings (SSSR count). The Morgan fingerprint density at radius 3 is 2.00 bits per heavy atom. The summed E-state index contributed by atoms with van der Waals surface area (Å²) in [5.74, 6) is 1.51. The second-order valence-electron chi connectivity index (χ2n) is 7.03. The molecule has 8 heteroatoms. The summed E-state index contributed by atoms with van der Waals surface area (Å²) in [5, 5.41) is 0. The Bertz CT molecular complexity index is 544. The zero-order valence-corrected chi connectivity index (χ0v) is 15.3. The van der Waals surface area contributed by atoms with Crippen LogP contribution in [0.1, 0.15) is 30.6 Å². The van der Waals surface area contributed by atoms with E-state index in [-0.39, 0.29) is 5.91 Å². The minimum atomic E-state index is -4.19. The summed E-state index contributed by atoms with van der Waals surface area (Å²) in [6.07, 6.45) is 1.29. The fourth-order valence-electron chi connectivity index (χ4n) is 3.67. The summed E-state index contributed by atoms with van der Waals surface area (Å²) in [6, 6.07) is 10.3. The van der Waals surface area contributed by atoms with Gasteiger partial charge in [-0.05, 0) is 44.2 Å². The molecule has 0 saturated carbocycles. The van der Waals surface area contributed by atoms with E-state index in [0.717, 1.165) is 31.7 Å². The van der Waals surface area contributed by atoms with E-state index in [9.17, 15) is 4.79 Å². The Balaban J connectivity index is 0.000000399. The molecule has 2 saturated heterocycles. The summed E-state index contributed by atoms with van der Waals surface area (Å²) in [6.45, 7) is 8.68. The maximum atomic E-state index is 12.6. The van der Waals surface area contributed by atoms with Gasteiger partial charge in [-0.15, -0.1) is 0 Å². The van der Waals surface area contributed by atoms with Gasteiger partial charge in [0.15, 0.2) is 0 Å². The van der Waals surface area contributed by atoms with Crippen molar-refractivity contribution >= 4 is 5.91 Å². The molecule has 1 aromatic carbocycles. The number of likely N-dealkylation sites (tertiary alicyclic amines) is 2. The van der Waals surface area contributed by atoms with Gasteiger partial charge < -0.3 is 9.80 Å². The van der Waals surface area contributed by atoms with Gasteiger partial charge in [-0.1, -0.05) is 18.2 Å². The van der Waals surface area contributed by atoms with Gasteiger partial charge in [0.2, 0.25) is 0 Å². The van der Waals surface area contributed by atoms with Gasteiger partial charge in [0.05, 0.1) is 0 Å². The summed E-state index contributed by atoms with van der Waals surface area (Å²) in [4.78, 5) is 17.2. The Morgan fingerprint density at radius 1 is 1.08 bits per heavy atom. The van der Waals surface area contributed by atoms with Crippen LogP contribution in [0.15, 0.2) is 30.3 Å². The third-order valence-electron chi connectivity index (χ3n) is 4.65. The van der Waals surface area contributed by atoms with Crippen molar-refractivity contribution in [3.8, 4) is 0 Å². The molecule has 1 amide bonds. The number of carbonyl (C=O) groups excluding carboxylic acids is 1. The van der Waals surface area contributed by atoms with Gasteiger partial charge in [0, 0.05) is 37.8 Å². The monoisotopic (exact) mass is 374 g/mol. The third-order valence-corrected chi connectivity index (χ3v) is 4.65. The van der Waals surface area contributed by atoms with Crippen molar-refractivity contribution in [3.63, 3.8) is 0 Å². The number of nitrogens with zero attached hydrogens (tertiary/aromatic N) is 2. The average molecular weight is 375 g/mol. The molecule has 0 aliphatic carbocycles. The van der Waals surface area contributed by atoms with Crippen LogP contribution in [0.5, 0.6) is 0 Å². The second-order valence-corrected chi connectivity index (χ2v) is 7.89. The summed E-state index contributed by atoms with van der Waals surface area (Å²) < 4.78 is 30.2. The van der Waals surface area contributed by atoms with Crippen molar-refractivity contribution in [3.05, 3.63) is 35.9 Å². The van der Waals surface area contributed by atoms with Crippen LogP contribution >= 0.6 is 0 Å². The van der Waals surface area contributed by atoms with Crippen molar-refractivity contribution in [2.45, 2.75) is 26.3 Å². The van der Waals surface area contributed by atoms with Gasteiger partial charge in [-0.2, -0.15) is 0 Å². The van der Waals surface area contributed by atoms with E-state index in [4.69, 9.17) is 18.6 Å². The third kappa shape index (κ3) is 6.54. The molecule has 2 atom stereocenters. The number of fused-ring (bicyclic) bond motifs is 2. The molecule has 142 valence electrons. The normalized spacial score (nSPS) is 24.5. The second kappa shape index (κ2) is 8.44. The summed E-state index contributed by atoms with van der Waals surface area (Å²) in [7, 11) is -4.19. The molecule has 0 spiro atoms. The molecule has 2 bridgehead atoms. The molecule has 2 heterocycles. The maximum absolute atomic E-state index is 12.6. The molecule has 0 radical (unpaired) electrons. The Morgan fingerprint density at radius 2 is 1.56 bits per heavy atom. The first-order valence-corrected chi connectivity index (χ1v) is 9.70. The van der Waals surface area contributed by atoms with Crippen molar-refractivity contribution in [1.29, 1.82) is 0 Å². The zero-order valence-electron chi connectivity index (χ0n) is 14.6. The number of hydrogen-bond acceptors (Lipinski definition) is 6. The predicted molar refractivity (Wildman–Crippen MR) is 87.3 cm³/mol. The number of hydrogen-bond donors (Lipinski definition) is 3. The van der Waals surface area contributed by atoms with Crippen LogP contribution in [0.3, 0.4) is 0 Å². The first-order valence-electron chi connectivity index (χ1n) is 8.38. The average Bonchev–Trinajstić information content (AvgIpc) is 2.52. The molecule has 2 fully saturated rings. The zero-order chi connectivity index (χ0) is 18.6. The number of halogens is 1. The van der Waals surface area contributed by atoms with E-state index >= 15 is 0 Å². The van der Waals surface area contributed by atoms with Gasteiger partial charge in [0.25, 0.3) is 5.91 Å². The van der Waals surface area contributed by atoms with Gasteiger partial charge >= 0.3 is 28.9 Å². The molecule has 2 aliphatic heterocycles. The van der Waals surface area contributed by atoms with Crippen LogP contribution in [0, 0.1) is 22.1 Å². The van der Waals surface area contributed by atoms with Crippen LogP contribution < -0.4 is 4.66 Å². The van der Waals surface area contributed by atoms with Crippen LogP contribution in [0.25, 0.3) is 0 Å². The predicted octanol–water partition coefficient (Wildman–Crippen LogP) is -0.371. The van der Waals surface area contributed by atoms with Crippen molar-refractivity contribution < 1.29 is 33.7 Å². The summed E-state index contributed by atoms with van der Waals surface area (Å²) in [5.41, 5.74) is 0.827. The van der Waals surface area contributed by atoms with Gasteiger partial charge in [-0.3, -0.25) is 4.79 Å². The topological polar surface area (TPSA) is 107 Å². The molecule has 3 N–H and O–H groups in total. The first-order chi connectivity index (χ1) is 11.6. The molecule has 7 nitrogen and oxygen atoms in total. The number of carbonyl (C=O) groups is 1. The molecule has 1 aromatic rings. The van der Waals surface area contributed by atoms with E-state index < -0.39 is 10.2 Å². The van der Waals surface area contributed by atoms with Crippen LogP contribution in [0.2, 0.25) is 0 Å². The molecule has 25 heavy (non-hydrogen) atoms. The van der Waals surface area contributed by atoms with E-state index in [1.54, 1.807) is 0 Å². The Labute approximate surface area is 150 Å². The van der Waals surface area contributed by atoms with Gasteiger partial charge in [-0.25, -0.2) is 0 Å². The fourth-order valence-corrected chi connectivity index (χ4v) is 3.67. The Kier molecular flexibility index (Phi) is 6.79. The fraction of sp³-hybridized carbons (Fsp3) is 0.588. The van der Waals surface area contributed by atoms with Gasteiger partial charge in [0.1, 0.15) is 0 Å². The van der Waals surface area contributed by atoms with Crippen molar-refractivity contribution in [1.82, 2.24) is 9.80 Å². The Hall–Kier alpha value is -1.22. The van der Waals surface area contributed by atoms with Crippen LogP contribution in [-0.4, -0.2) is 61.9 Å². The van der Waals surface area contributed by atoms with E-state index in [1.165, 1.54) is 6.42 Å². The standard InChI is InChI=1S/C17H24N2O.ClH3O4/c1-13(2)18-9-14-8-15(10-18)12-19(11-14)17(20)16-6-4-3-5-7-16;2-1(3,4)5/h3-7,13-15H,8-12H2,1-2H3;2-4H. The van der Waals surface area contributed by atoms with Crippen LogP contribution in [-0.2, 0) is 0 Å². The van der Waals surface area contributed by atoms with Crippen molar-refractivity contribution in [2.24, 2.45) is 11.8 Å². The number of benzene rings is 1. The molecular weight excluding hydrogens is 348 g/mol. The van der Waals surface area contributed by atoms with E-state index in [0.29, 0.717) is 17.9 Å².